The second-order valence-electron chi connectivity index (χ2n) is 7.79. The zero-order valence-electron chi connectivity index (χ0n) is 14.6. The number of benzene rings is 1. The molecule has 0 N–H and O–H groups in total. The number of aromatic nitrogens is 1. The Morgan fingerprint density at radius 3 is 2.31 bits per heavy atom. The zero-order valence-corrected chi connectivity index (χ0v) is 14.6. The van der Waals surface area contributed by atoms with Crippen molar-refractivity contribution in [1.82, 2.24) is 14.8 Å². The number of carbonyl (C=O) groups excluding carboxylic acids is 2. The molecule has 0 radical (unpaired) electrons. The molecule has 1 aromatic heterocycles. The number of pyridine rings is 1. The van der Waals surface area contributed by atoms with Crippen LogP contribution in [0.3, 0.4) is 0 Å². The van der Waals surface area contributed by atoms with E-state index in [1.54, 1.807) is 4.90 Å². The molecule has 2 bridgehead atoms. The van der Waals surface area contributed by atoms with Gasteiger partial charge in [0.25, 0.3) is 0 Å². The molecule has 1 aromatic carbocycles. The van der Waals surface area contributed by atoms with Gasteiger partial charge < -0.3 is 9.80 Å². The smallest absolute Gasteiger partial charge is 0.312 e. The van der Waals surface area contributed by atoms with E-state index in [0.717, 1.165) is 42.0 Å². The summed E-state index contributed by atoms with van der Waals surface area (Å²) < 4.78 is 0. The Bertz CT molecular complexity index is 846. The molecule has 0 unspecified atom stereocenters. The molecular formula is C21H21N3O2. The molecule has 4 aliphatic rings. The van der Waals surface area contributed by atoms with Gasteiger partial charge in [-0.05, 0) is 36.8 Å². The van der Waals surface area contributed by atoms with Gasteiger partial charge >= 0.3 is 11.8 Å². The van der Waals surface area contributed by atoms with Gasteiger partial charge in [-0.3, -0.25) is 14.6 Å². The van der Waals surface area contributed by atoms with Crippen molar-refractivity contribution >= 4 is 11.8 Å². The van der Waals surface area contributed by atoms with Crippen LogP contribution in [0.15, 0.2) is 48.7 Å². The number of hydrogen-bond donors (Lipinski definition) is 0. The monoisotopic (exact) mass is 347 g/mol. The predicted molar refractivity (Wildman–Crippen MR) is 96.9 cm³/mol. The summed E-state index contributed by atoms with van der Waals surface area (Å²) in [7, 11) is 0. The molecule has 3 aliphatic carbocycles. The molecule has 3 saturated carbocycles. The van der Waals surface area contributed by atoms with E-state index in [0.29, 0.717) is 19.6 Å². The second kappa shape index (κ2) is 5.66. The molecule has 2 aromatic rings. The van der Waals surface area contributed by atoms with Gasteiger partial charge in [-0.15, -0.1) is 0 Å². The first-order valence-electron chi connectivity index (χ1n) is 9.26. The largest absolute Gasteiger partial charge is 0.327 e. The van der Waals surface area contributed by atoms with Crippen LogP contribution in [0.25, 0.3) is 11.1 Å². The van der Waals surface area contributed by atoms with Crippen LogP contribution in [-0.4, -0.2) is 45.2 Å². The molecule has 0 spiro atoms. The van der Waals surface area contributed by atoms with Crippen LogP contribution in [0.1, 0.15) is 25.0 Å². The first-order chi connectivity index (χ1) is 12.6. The lowest BCUT2D eigenvalue weighted by atomic mass is 9.49. The summed E-state index contributed by atoms with van der Waals surface area (Å²) in [6.45, 7) is 1.64. The van der Waals surface area contributed by atoms with Gasteiger partial charge in [-0.25, -0.2) is 0 Å². The van der Waals surface area contributed by atoms with Crippen molar-refractivity contribution in [2.24, 2.45) is 5.92 Å². The van der Waals surface area contributed by atoms with E-state index in [1.807, 2.05) is 53.6 Å². The van der Waals surface area contributed by atoms with E-state index in [1.165, 1.54) is 0 Å². The summed E-state index contributed by atoms with van der Waals surface area (Å²) in [5.41, 5.74) is 3.00. The van der Waals surface area contributed by atoms with Crippen LogP contribution >= 0.6 is 0 Å². The van der Waals surface area contributed by atoms with E-state index >= 15 is 0 Å². The van der Waals surface area contributed by atoms with Gasteiger partial charge in [-0.2, -0.15) is 0 Å². The predicted octanol–water partition coefficient (Wildman–Crippen LogP) is 2.47. The van der Waals surface area contributed by atoms with Crippen molar-refractivity contribution in [3.63, 3.8) is 0 Å². The van der Waals surface area contributed by atoms with Crippen LogP contribution in [0, 0.1) is 5.92 Å². The van der Waals surface area contributed by atoms with Crippen LogP contribution in [0.4, 0.5) is 0 Å². The van der Waals surface area contributed by atoms with Crippen LogP contribution < -0.4 is 0 Å². The highest BCUT2D eigenvalue weighted by Gasteiger charge is 2.62. The average molecular weight is 347 g/mol. The van der Waals surface area contributed by atoms with Gasteiger partial charge in [0.05, 0.1) is 12.2 Å². The molecule has 132 valence electrons. The topological polar surface area (TPSA) is 53.5 Å². The Labute approximate surface area is 152 Å². The quantitative estimate of drug-likeness (QED) is 0.799. The standard InChI is InChI=1S/C21H21N3O2/c25-19-20(26)24(21-10-15(11-21)12-21)9-8-23(19)14-18-7-6-17(13-22-18)16-4-2-1-3-5-16/h1-7,13,15H,8-12,14H2. The Morgan fingerprint density at radius 1 is 0.923 bits per heavy atom. The van der Waals surface area contributed by atoms with Gasteiger partial charge in [0.15, 0.2) is 0 Å². The summed E-state index contributed by atoms with van der Waals surface area (Å²) in [6, 6.07) is 14.0. The number of rotatable bonds is 4. The molecule has 6 rings (SSSR count). The van der Waals surface area contributed by atoms with E-state index in [2.05, 4.69) is 4.98 Å². The molecule has 0 atom stereocenters. The molecule has 1 aliphatic heterocycles. The third kappa shape index (κ3) is 2.34. The maximum Gasteiger partial charge on any atom is 0.312 e. The first-order valence-corrected chi connectivity index (χ1v) is 9.26. The molecule has 26 heavy (non-hydrogen) atoms. The first kappa shape index (κ1) is 15.6. The lowest BCUT2D eigenvalue weighted by Crippen LogP contribution is -2.73. The Hall–Kier alpha value is -2.69. The zero-order chi connectivity index (χ0) is 17.7. The normalized spacial score (nSPS) is 27.2. The van der Waals surface area contributed by atoms with Crippen molar-refractivity contribution in [3.8, 4) is 11.1 Å². The maximum atomic E-state index is 12.5. The fraction of sp³-hybridized carbons (Fsp3) is 0.381. The second-order valence-corrected chi connectivity index (χ2v) is 7.79. The van der Waals surface area contributed by atoms with Gasteiger partial charge in [0.2, 0.25) is 0 Å². The molecule has 5 heteroatoms. The van der Waals surface area contributed by atoms with Crippen molar-refractivity contribution < 1.29 is 9.59 Å². The molecular weight excluding hydrogens is 326 g/mol. The van der Waals surface area contributed by atoms with Crippen LogP contribution in [-0.2, 0) is 16.1 Å². The van der Waals surface area contributed by atoms with Gasteiger partial charge in [-0.1, -0.05) is 36.4 Å². The van der Waals surface area contributed by atoms with Crippen molar-refractivity contribution in [1.29, 1.82) is 0 Å². The maximum absolute atomic E-state index is 12.5. The minimum atomic E-state index is -0.380. The Kier molecular flexibility index (Phi) is 3.39. The van der Waals surface area contributed by atoms with Crippen molar-refractivity contribution in [2.45, 2.75) is 31.3 Å². The summed E-state index contributed by atoms with van der Waals surface area (Å²) in [4.78, 5) is 33.1. The molecule has 2 heterocycles. The number of amides is 2. The minimum absolute atomic E-state index is 0.0269. The van der Waals surface area contributed by atoms with E-state index in [9.17, 15) is 9.59 Å². The highest BCUT2D eigenvalue weighted by atomic mass is 16.2. The third-order valence-electron chi connectivity index (χ3n) is 6.17. The van der Waals surface area contributed by atoms with Crippen LogP contribution in [0.2, 0.25) is 0 Å². The number of nitrogens with zero attached hydrogens (tertiary/aromatic N) is 3. The summed E-state index contributed by atoms with van der Waals surface area (Å²) in [6.07, 6.45) is 5.10. The molecule has 5 nitrogen and oxygen atoms in total. The van der Waals surface area contributed by atoms with E-state index in [-0.39, 0.29) is 17.4 Å². The molecule has 1 saturated heterocycles. The lowest BCUT2D eigenvalue weighted by Gasteiger charge is -2.66. The van der Waals surface area contributed by atoms with Crippen molar-refractivity contribution in [3.05, 3.63) is 54.4 Å². The number of piperazine rings is 1. The van der Waals surface area contributed by atoms with E-state index in [4.69, 9.17) is 0 Å². The Morgan fingerprint density at radius 2 is 1.69 bits per heavy atom. The van der Waals surface area contributed by atoms with Crippen molar-refractivity contribution in [2.75, 3.05) is 13.1 Å². The van der Waals surface area contributed by atoms with E-state index < -0.39 is 0 Å². The summed E-state index contributed by atoms with van der Waals surface area (Å²) >= 11 is 0. The highest BCUT2D eigenvalue weighted by molar-refractivity contribution is 6.35. The number of hydrogen-bond acceptors (Lipinski definition) is 3. The summed E-state index contributed by atoms with van der Waals surface area (Å²) in [5, 5.41) is 0. The van der Waals surface area contributed by atoms with Crippen LogP contribution in [0.5, 0.6) is 0 Å². The fourth-order valence-corrected chi connectivity index (χ4v) is 4.56. The number of carbonyl (C=O) groups is 2. The average Bonchev–Trinajstić information content (AvgIpc) is 2.60. The lowest BCUT2D eigenvalue weighted by molar-refractivity contribution is -0.186. The fourth-order valence-electron chi connectivity index (χ4n) is 4.56. The molecule has 2 amide bonds. The van der Waals surface area contributed by atoms with Gasteiger partial charge in [0.1, 0.15) is 0 Å². The Balaban J connectivity index is 1.26. The minimum Gasteiger partial charge on any atom is -0.327 e. The SMILES string of the molecule is O=C1C(=O)N(C23CC(C2)C3)CCN1Cc1ccc(-c2ccccc2)cn1. The third-order valence-corrected chi connectivity index (χ3v) is 6.17. The summed E-state index contributed by atoms with van der Waals surface area (Å²) in [5.74, 6) is 0.0912. The molecule has 4 fully saturated rings. The highest BCUT2D eigenvalue weighted by Crippen LogP contribution is 2.60. The van der Waals surface area contributed by atoms with Gasteiger partial charge in [0, 0.05) is 30.4 Å².